The van der Waals surface area contributed by atoms with E-state index in [0.717, 1.165) is 19.3 Å². The van der Waals surface area contributed by atoms with Gasteiger partial charge in [-0.3, -0.25) is 0 Å². The molecule has 1 heterocycles. The van der Waals surface area contributed by atoms with Crippen molar-refractivity contribution in [2.45, 2.75) is 62.0 Å². The lowest BCUT2D eigenvalue weighted by Gasteiger charge is -2.52. The Kier molecular flexibility index (Phi) is 3.95. The molecule has 1 atom stereocenters. The van der Waals surface area contributed by atoms with Crippen LogP contribution in [-0.4, -0.2) is 37.4 Å². The van der Waals surface area contributed by atoms with E-state index in [9.17, 15) is 8.78 Å². The number of halogens is 2. The minimum atomic E-state index is -2.56. The summed E-state index contributed by atoms with van der Waals surface area (Å²) in [6.45, 7) is 1.05. The van der Waals surface area contributed by atoms with Crippen molar-refractivity contribution in [2.75, 3.05) is 20.3 Å². The number of alkyl halides is 2. The van der Waals surface area contributed by atoms with E-state index in [1.807, 2.05) is 0 Å². The molecule has 0 amide bonds. The zero-order valence-corrected chi connectivity index (χ0v) is 11.0. The maximum atomic E-state index is 13.3. The summed E-state index contributed by atoms with van der Waals surface area (Å²) in [6, 6.07) is 0. The van der Waals surface area contributed by atoms with E-state index in [1.165, 1.54) is 0 Å². The van der Waals surface area contributed by atoms with Crippen LogP contribution in [0, 0.1) is 0 Å². The lowest BCUT2D eigenvalue weighted by atomic mass is 9.67. The molecule has 3 nitrogen and oxygen atoms in total. The van der Waals surface area contributed by atoms with Crippen molar-refractivity contribution in [2.24, 2.45) is 5.73 Å². The number of hydrogen-bond acceptors (Lipinski definition) is 3. The second kappa shape index (κ2) is 5.02. The van der Waals surface area contributed by atoms with Gasteiger partial charge < -0.3 is 15.2 Å². The van der Waals surface area contributed by atoms with Crippen LogP contribution in [0.25, 0.3) is 0 Å². The van der Waals surface area contributed by atoms with E-state index in [-0.39, 0.29) is 12.8 Å². The van der Waals surface area contributed by atoms with Crippen LogP contribution in [-0.2, 0) is 9.47 Å². The predicted octanol–water partition coefficient (Wildman–Crippen LogP) is 2.48. The summed E-state index contributed by atoms with van der Waals surface area (Å²) in [5.41, 5.74) is 5.19. The predicted molar refractivity (Wildman–Crippen MR) is 64.7 cm³/mol. The Morgan fingerprint density at radius 2 is 1.78 bits per heavy atom. The molecule has 1 saturated heterocycles. The summed E-state index contributed by atoms with van der Waals surface area (Å²) in [4.78, 5) is 0. The van der Waals surface area contributed by atoms with Gasteiger partial charge in [-0.15, -0.1) is 0 Å². The van der Waals surface area contributed by atoms with Gasteiger partial charge in [0.15, 0.2) is 0 Å². The molecular weight excluding hydrogens is 240 g/mol. The van der Waals surface area contributed by atoms with Crippen molar-refractivity contribution in [1.82, 2.24) is 0 Å². The van der Waals surface area contributed by atoms with Gasteiger partial charge in [-0.25, -0.2) is 8.78 Å². The maximum Gasteiger partial charge on any atom is 0.248 e. The first kappa shape index (κ1) is 14.2. The molecule has 18 heavy (non-hydrogen) atoms. The van der Waals surface area contributed by atoms with E-state index in [2.05, 4.69) is 0 Å². The third-order valence-corrected chi connectivity index (χ3v) is 4.51. The van der Waals surface area contributed by atoms with E-state index in [1.54, 1.807) is 7.11 Å². The summed E-state index contributed by atoms with van der Waals surface area (Å²) < 4.78 is 37.8. The van der Waals surface area contributed by atoms with Crippen LogP contribution in [0.5, 0.6) is 0 Å². The lowest BCUT2D eigenvalue weighted by molar-refractivity contribution is -0.179. The molecule has 2 aliphatic rings. The third-order valence-electron chi connectivity index (χ3n) is 4.51. The van der Waals surface area contributed by atoms with Crippen molar-refractivity contribution >= 4 is 0 Å². The molecule has 1 unspecified atom stereocenters. The molecule has 5 heteroatoms. The SMILES string of the molecule is COCC1(C2(N)CCC(F)(F)CC2)CCCCO1. The van der Waals surface area contributed by atoms with Gasteiger partial charge in [0, 0.05) is 32.1 Å². The van der Waals surface area contributed by atoms with Crippen LogP contribution in [0.1, 0.15) is 44.9 Å². The average molecular weight is 263 g/mol. The van der Waals surface area contributed by atoms with Crippen LogP contribution in [0.2, 0.25) is 0 Å². The van der Waals surface area contributed by atoms with Gasteiger partial charge in [-0.1, -0.05) is 0 Å². The fourth-order valence-corrected chi connectivity index (χ4v) is 3.25. The minimum absolute atomic E-state index is 0.141. The standard InChI is InChI=1S/C13H23F2NO2/c1-17-10-12(4-2-3-9-18-12)11(16)5-7-13(14,15)8-6-11/h2-10,16H2,1H3. The van der Waals surface area contributed by atoms with Gasteiger partial charge in [-0.05, 0) is 32.1 Å². The van der Waals surface area contributed by atoms with Crippen molar-refractivity contribution in [3.05, 3.63) is 0 Å². The van der Waals surface area contributed by atoms with Gasteiger partial charge in [0.2, 0.25) is 5.92 Å². The highest BCUT2D eigenvalue weighted by Crippen LogP contribution is 2.46. The largest absolute Gasteiger partial charge is 0.382 e. The van der Waals surface area contributed by atoms with Crippen molar-refractivity contribution < 1.29 is 18.3 Å². The zero-order chi connectivity index (χ0) is 13.3. The summed E-state index contributed by atoms with van der Waals surface area (Å²) in [5, 5.41) is 0. The Hall–Kier alpha value is -0.260. The quantitative estimate of drug-likeness (QED) is 0.850. The summed E-state index contributed by atoms with van der Waals surface area (Å²) in [6.07, 6.45) is 3.18. The maximum absolute atomic E-state index is 13.3. The van der Waals surface area contributed by atoms with Crippen LogP contribution in [0.15, 0.2) is 0 Å². The van der Waals surface area contributed by atoms with E-state index >= 15 is 0 Å². The molecule has 2 N–H and O–H groups in total. The summed E-state index contributed by atoms with van der Waals surface area (Å²) in [7, 11) is 1.61. The molecule has 0 aromatic carbocycles. The van der Waals surface area contributed by atoms with Crippen molar-refractivity contribution in [3.8, 4) is 0 Å². The molecule has 0 bridgehead atoms. The van der Waals surface area contributed by atoms with Gasteiger partial charge in [0.1, 0.15) is 5.60 Å². The molecule has 0 aromatic heterocycles. The Labute approximate surface area is 107 Å². The fourth-order valence-electron chi connectivity index (χ4n) is 3.25. The van der Waals surface area contributed by atoms with Crippen LogP contribution >= 0.6 is 0 Å². The van der Waals surface area contributed by atoms with Gasteiger partial charge in [0.25, 0.3) is 0 Å². The van der Waals surface area contributed by atoms with Crippen LogP contribution in [0.4, 0.5) is 8.78 Å². The Morgan fingerprint density at radius 3 is 2.28 bits per heavy atom. The van der Waals surface area contributed by atoms with E-state index < -0.39 is 17.1 Å². The normalized spacial score (nSPS) is 35.3. The topological polar surface area (TPSA) is 44.5 Å². The average Bonchev–Trinajstić information content (AvgIpc) is 2.35. The highest BCUT2D eigenvalue weighted by atomic mass is 19.3. The summed E-state index contributed by atoms with van der Waals surface area (Å²) in [5.74, 6) is -2.56. The number of hydrogen-bond donors (Lipinski definition) is 1. The second-order valence-corrected chi connectivity index (χ2v) is 5.74. The van der Waals surface area contributed by atoms with E-state index in [0.29, 0.717) is 26.1 Å². The lowest BCUT2D eigenvalue weighted by Crippen LogP contribution is -2.67. The summed E-state index contributed by atoms with van der Waals surface area (Å²) >= 11 is 0. The molecule has 0 spiro atoms. The first-order valence-corrected chi connectivity index (χ1v) is 6.73. The molecule has 1 saturated carbocycles. The Bertz CT molecular complexity index is 275. The Balaban J connectivity index is 2.14. The number of rotatable bonds is 3. The van der Waals surface area contributed by atoms with Crippen LogP contribution in [0.3, 0.4) is 0 Å². The number of methoxy groups -OCH3 is 1. The highest BCUT2D eigenvalue weighted by molar-refractivity contribution is 5.09. The first-order valence-electron chi connectivity index (χ1n) is 6.73. The van der Waals surface area contributed by atoms with E-state index in [4.69, 9.17) is 15.2 Å². The molecule has 1 aliphatic carbocycles. The smallest absolute Gasteiger partial charge is 0.248 e. The van der Waals surface area contributed by atoms with Crippen molar-refractivity contribution in [1.29, 1.82) is 0 Å². The third kappa shape index (κ3) is 2.53. The number of nitrogens with two attached hydrogens (primary N) is 1. The second-order valence-electron chi connectivity index (χ2n) is 5.74. The van der Waals surface area contributed by atoms with Gasteiger partial charge in [-0.2, -0.15) is 0 Å². The number of ether oxygens (including phenoxy) is 2. The Morgan fingerprint density at radius 1 is 1.11 bits per heavy atom. The molecule has 2 rings (SSSR count). The molecular formula is C13H23F2NO2. The first-order chi connectivity index (χ1) is 8.43. The van der Waals surface area contributed by atoms with Crippen LogP contribution < -0.4 is 5.73 Å². The van der Waals surface area contributed by atoms with Gasteiger partial charge >= 0.3 is 0 Å². The monoisotopic (exact) mass is 263 g/mol. The minimum Gasteiger partial charge on any atom is -0.382 e. The highest BCUT2D eigenvalue weighted by Gasteiger charge is 2.54. The van der Waals surface area contributed by atoms with Crippen molar-refractivity contribution in [3.63, 3.8) is 0 Å². The molecule has 0 radical (unpaired) electrons. The van der Waals surface area contributed by atoms with Gasteiger partial charge in [0.05, 0.1) is 6.61 Å². The molecule has 106 valence electrons. The molecule has 0 aromatic rings. The zero-order valence-electron chi connectivity index (χ0n) is 11.0. The molecule has 2 fully saturated rings. The molecule has 1 aliphatic heterocycles. The fraction of sp³-hybridized carbons (Fsp3) is 1.00.